The van der Waals surface area contributed by atoms with Crippen LogP contribution in [0.5, 0.6) is 0 Å². The van der Waals surface area contributed by atoms with Crippen LogP contribution in [0.4, 0.5) is 0 Å². The van der Waals surface area contributed by atoms with Crippen molar-refractivity contribution in [1.82, 2.24) is 4.90 Å². The molecule has 1 saturated heterocycles. The highest BCUT2D eigenvalue weighted by molar-refractivity contribution is 6.34. The number of allylic oxidation sites excluding steroid dienone is 5. The van der Waals surface area contributed by atoms with E-state index < -0.39 is 17.4 Å². The molecule has 0 radical (unpaired) electrons. The molecule has 0 spiro atoms. The SMILES string of the molecule is C/C=C\C=C(/C)C(C[C@H]1COCCN1C(=O)/C=C(\O)C(=O)C=NC)c1ccccc1. The lowest BCUT2D eigenvalue weighted by Crippen LogP contribution is -2.49. The number of morpholine rings is 1. The zero-order valence-electron chi connectivity index (χ0n) is 17.8. The molecule has 2 atom stereocenters. The first-order chi connectivity index (χ1) is 14.5. The largest absolute Gasteiger partial charge is 0.504 e. The van der Waals surface area contributed by atoms with Crippen molar-refractivity contribution in [2.45, 2.75) is 32.2 Å². The van der Waals surface area contributed by atoms with Crippen molar-refractivity contribution in [3.63, 3.8) is 0 Å². The minimum Gasteiger partial charge on any atom is -0.504 e. The molecule has 1 amide bonds. The number of nitrogens with zero attached hydrogens (tertiary/aromatic N) is 2. The van der Waals surface area contributed by atoms with E-state index in [1.54, 1.807) is 4.90 Å². The van der Waals surface area contributed by atoms with Gasteiger partial charge in [0.2, 0.25) is 5.78 Å². The van der Waals surface area contributed by atoms with Gasteiger partial charge in [0.15, 0.2) is 5.76 Å². The number of hydrogen-bond donors (Lipinski definition) is 1. The van der Waals surface area contributed by atoms with Gasteiger partial charge >= 0.3 is 0 Å². The highest BCUT2D eigenvalue weighted by Gasteiger charge is 2.30. The average Bonchev–Trinajstić information content (AvgIpc) is 2.76. The van der Waals surface area contributed by atoms with Crippen LogP contribution < -0.4 is 0 Å². The summed E-state index contributed by atoms with van der Waals surface area (Å²) in [6, 6.07) is 9.99. The molecule has 1 N–H and O–H groups in total. The van der Waals surface area contributed by atoms with Crippen LogP contribution in [0.25, 0.3) is 0 Å². The van der Waals surface area contributed by atoms with Gasteiger partial charge in [0.25, 0.3) is 5.91 Å². The van der Waals surface area contributed by atoms with Gasteiger partial charge in [-0.1, -0.05) is 54.1 Å². The van der Waals surface area contributed by atoms with Crippen LogP contribution in [0.15, 0.2) is 71.0 Å². The predicted octanol–water partition coefficient (Wildman–Crippen LogP) is 3.62. The van der Waals surface area contributed by atoms with Crippen LogP contribution in [0, 0.1) is 0 Å². The third-order valence-corrected chi connectivity index (χ3v) is 5.08. The maximum Gasteiger partial charge on any atom is 0.250 e. The number of hydrogen-bond acceptors (Lipinski definition) is 5. The van der Waals surface area contributed by atoms with Crippen molar-refractivity contribution in [2.75, 3.05) is 26.8 Å². The minimum atomic E-state index is -0.692. The van der Waals surface area contributed by atoms with E-state index in [4.69, 9.17) is 4.74 Å². The summed E-state index contributed by atoms with van der Waals surface area (Å²) in [5.41, 5.74) is 2.35. The monoisotopic (exact) mass is 410 g/mol. The molecule has 160 valence electrons. The number of ketones is 1. The maximum atomic E-state index is 12.8. The smallest absolute Gasteiger partial charge is 0.250 e. The molecule has 1 aromatic rings. The van der Waals surface area contributed by atoms with Gasteiger partial charge in [-0.05, 0) is 25.8 Å². The molecule has 0 aromatic heterocycles. The lowest BCUT2D eigenvalue weighted by atomic mass is 9.85. The van der Waals surface area contributed by atoms with E-state index >= 15 is 0 Å². The van der Waals surface area contributed by atoms with E-state index in [0.717, 1.165) is 12.3 Å². The summed E-state index contributed by atoms with van der Waals surface area (Å²) in [5.74, 6) is -1.60. The van der Waals surface area contributed by atoms with Gasteiger partial charge in [0.05, 0.1) is 25.5 Å². The Kier molecular flexibility index (Phi) is 9.22. The Morgan fingerprint density at radius 1 is 1.33 bits per heavy atom. The Bertz CT molecular complexity index is 840. The topological polar surface area (TPSA) is 79.2 Å². The van der Waals surface area contributed by atoms with Crippen LogP contribution in [-0.2, 0) is 14.3 Å². The molecule has 1 aromatic carbocycles. The van der Waals surface area contributed by atoms with Gasteiger partial charge in [0, 0.05) is 25.6 Å². The Morgan fingerprint density at radius 3 is 2.73 bits per heavy atom. The zero-order valence-corrected chi connectivity index (χ0v) is 17.8. The predicted molar refractivity (Wildman–Crippen MR) is 119 cm³/mol. The summed E-state index contributed by atoms with van der Waals surface area (Å²) in [6.07, 6.45) is 8.71. The zero-order chi connectivity index (χ0) is 21.9. The molecule has 0 aliphatic carbocycles. The number of rotatable bonds is 8. The number of carbonyl (C=O) groups is 2. The summed E-state index contributed by atoms with van der Waals surface area (Å²) in [7, 11) is 1.43. The van der Waals surface area contributed by atoms with Crippen LogP contribution in [-0.4, -0.2) is 60.8 Å². The summed E-state index contributed by atoms with van der Waals surface area (Å²) in [5, 5.41) is 9.91. The van der Waals surface area contributed by atoms with Crippen LogP contribution in [0.2, 0.25) is 0 Å². The molecule has 0 bridgehead atoms. The number of carbonyl (C=O) groups excluding carboxylic acids is 2. The molecular weight excluding hydrogens is 380 g/mol. The number of aliphatic hydroxyl groups is 1. The van der Waals surface area contributed by atoms with E-state index in [1.165, 1.54) is 18.2 Å². The standard InChI is InChI=1S/C24H30N2O4/c1-4-5-9-18(2)21(19-10-7-6-8-11-19)14-20-17-30-13-12-26(20)24(29)15-22(27)23(28)16-25-3/h4-11,15-16,20-21,27H,12-14,17H2,1-3H3/b5-4-,18-9+,22-15-,25-16?/t20-,21?/m0/s1. The number of Topliss-reactive ketones (excluding diaryl/α,β-unsaturated/α-hetero) is 1. The molecule has 2 rings (SSSR count). The third-order valence-electron chi connectivity index (χ3n) is 5.08. The molecule has 30 heavy (non-hydrogen) atoms. The van der Waals surface area contributed by atoms with Crippen molar-refractivity contribution >= 4 is 17.9 Å². The first kappa shape index (κ1) is 23.3. The fourth-order valence-electron chi connectivity index (χ4n) is 3.50. The van der Waals surface area contributed by atoms with Gasteiger partial charge in [-0.2, -0.15) is 0 Å². The molecule has 1 heterocycles. The Hall–Kier alpha value is -2.99. The Labute approximate surface area is 178 Å². The molecule has 6 nitrogen and oxygen atoms in total. The number of aliphatic hydroxyl groups excluding tert-OH is 1. The fourth-order valence-corrected chi connectivity index (χ4v) is 3.50. The van der Waals surface area contributed by atoms with Crippen LogP contribution in [0.1, 0.15) is 31.7 Å². The fraction of sp³-hybridized carbons (Fsp3) is 0.375. The minimum absolute atomic E-state index is 0.107. The highest BCUT2D eigenvalue weighted by Crippen LogP contribution is 2.31. The van der Waals surface area contributed by atoms with Crippen LogP contribution in [0.3, 0.4) is 0 Å². The Morgan fingerprint density at radius 2 is 2.07 bits per heavy atom. The van der Waals surface area contributed by atoms with E-state index in [9.17, 15) is 14.7 Å². The van der Waals surface area contributed by atoms with Crippen LogP contribution >= 0.6 is 0 Å². The summed E-state index contributed by atoms with van der Waals surface area (Å²) in [4.78, 5) is 29.8. The number of benzene rings is 1. The molecular formula is C24H30N2O4. The summed E-state index contributed by atoms with van der Waals surface area (Å²) >= 11 is 0. The van der Waals surface area contributed by atoms with Crippen molar-refractivity contribution in [2.24, 2.45) is 4.99 Å². The lowest BCUT2D eigenvalue weighted by Gasteiger charge is -2.37. The third kappa shape index (κ3) is 6.52. The van der Waals surface area contributed by atoms with Crippen molar-refractivity contribution in [3.05, 3.63) is 71.5 Å². The van der Waals surface area contributed by atoms with Crippen molar-refractivity contribution in [3.8, 4) is 0 Å². The van der Waals surface area contributed by atoms with E-state index in [2.05, 4.69) is 30.1 Å². The first-order valence-electron chi connectivity index (χ1n) is 10.1. The second kappa shape index (κ2) is 11.9. The maximum absolute atomic E-state index is 12.8. The highest BCUT2D eigenvalue weighted by atomic mass is 16.5. The second-order valence-corrected chi connectivity index (χ2v) is 7.18. The summed E-state index contributed by atoms with van der Waals surface area (Å²) in [6.45, 7) is 5.29. The van der Waals surface area contributed by atoms with E-state index in [0.29, 0.717) is 26.2 Å². The van der Waals surface area contributed by atoms with Gasteiger partial charge in [-0.25, -0.2) is 0 Å². The molecule has 1 aliphatic heterocycles. The molecule has 1 fully saturated rings. The number of amides is 1. The quantitative estimate of drug-likeness (QED) is 0.307. The van der Waals surface area contributed by atoms with Gasteiger partial charge in [-0.3, -0.25) is 14.6 Å². The second-order valence-electron chi connectivity index (χ2n) is 7.18. The number of ether oxygens (including phenoxy) is 1. The average molecular weight is 411 g/mol. The number of aliphatic imine (C=N–C) groups is 1. The first-order valence-corrected chi connectivity index (χ1v) is 10.1. The molecule has 1 unspecified atom stereocenters. The van der Waals surface area contributed by atoms with E-state index in [-0.39, 0.29) is 12.0 Å². The molecule has 6 heteroatoms. The summed E-state index contributed by atoms with van der Waals surface area (Å²) < 4.78 is 5.65. The molecule has 0 saturated carbocycles. The normalized spacial score (nSPS) is 19.4. The van der Waals surface area contributed by atoms with Gasteiger partial charge in [0.1, 0.15) is 0 Å². The van der Waals surface area contributed by atoms with Crippen molar-refractivity contribution in [1.29, 1.82) is 0 Å². The van der Waals surface area contributed by atoms with E-state index in [1.807, 2.05) is 37.3 Å². The molecule has 1 aliphatic rings. The lowest BCUT2D eigenvalue weighted by molar-refractivity contribution is -0.135. The Balaban J connectivity index is 2.27. The van der Waals surface area contributed by atoms with Crippen molar-refractivity contribution < 1.29 is 19.4 Å². The van der Waals surface area contributed by atoms with Gasteiger partial charge in [-0.15, -0.1) is 0 Å². The van der Waals surface area contributed by atoms with Gasteiger partial charge < -0.3 is 14.7 Å².